The fourth-order valence-corrected chi connectivity index (χ4v) is 2.69. The third kappa shape index (κ3) is 2.62. The molecule has 1 aliphatic rings. The quantitative estimate of drug-likeness (QED) is 0.824. The van der Waals surface area contributed by atoms with E-state index in [1.165, 1.54) is 0 Å². The minimum Gasteiger partial charge on any atom is -0.389 e. The molecule has 0 radical (unpaired) electrons. The van der Waals surface area contributed by atoms with Crippen molar-refractivity contribution in [2.45, 2.75) is 33.0 Å². The zero-order valence-electron chi connectivity index (χ0n) is 11.0. The van der Waals surface area contributed by atoms with E-state index in [0.717, 1.165) is 30.0 Å². The molecule has 2 N–H and O–H groups in total. The molecule has 1 aliphatic heterocycles. The summed E-state index contributed by atoms with van der Waals surface area (Å²) >= 11 is 5.15. The van der Waals surface area contributed by atoms with Gasteiger partial charge in [0.25, 0.3) is 0 Å². The van der Waals surface area contributed by atoms with Crippen molar-refractivity contribution in [3.05, 3.63) is 23.4 Å². The van der Waals surface area contributed by atoms with Gasteiger partial charge in [0.2, 0.25) is 0 Å². The minimum absolute atomic E-state index is 0.190. The van der Waals surface area contributed by atoms with Gasteiger partial charge in [-0.15, -0.1) is 0 Å². The van der Waals surface area contributed by atoms with Gasteiger partial charge in [0, 0.05) is 19.3 Å². The molecular weight excluding hydrogens is 246 g/mol. The Labute approximate surface area is 113 Å². The molecular formula is C13H19N3OS. The van der Waals surface area contributed by atoms with Crippen LogP contribution in [-0.2, 0) is 4.74 Å². The van der Waals surface area contributed by atoms with Crippen molar-refractivity contribution < 1.29 is 4.74 Å². The fourth-order valence-electron chi connectivity index (χ4n) is 2.44. The van der Waals surface area contributed by atoms with E-state index in [1.807, 2.05) is 13.0 Å². The zero-order chi connectivity index (χ0) is 13.3. The molecule has 1 aromatic heterocycles. The monoisotopic (exact) mass is 265 g/mol. The van der Waals surface area contributed by atoms with Crippen molar-refractivity contribution in [2.24, 2.45) is 5.73 Å². The van der Waals surface area contributed by atoms with Crippen molar-refractivity contribution in [1.29, 1.82) is 0 Å². The molecule has 1 saturated heterocycles. The van der Waals surface area contributed by atoms with Crippen LogP contribution in [0.1, 0.15) is 25.0 Å². The van der Waals surface area contributed by atoms with Gasteiger partial charge in [-0.05, 0) is 32.4 Å². The maximum absolute atomic E-state index is 5.82. The molecule has 0 saturated carbocycles. The van der Waals surface area contributed by atoms with Crippen molar-refractivity contribution in [3.8, 4) is 0 Å². The Morgan fingerprint density at radius 1 is 1.44 bits per heavy atom. The average molecular weight is 265 g/mol. The Morgan fingerprint density at radius 2 is 2.06 bits per heavy atom. The lowest BCUT2D eigenvalue weighted by Crippen LogP contribution is -2.46. The second-order valence-corrected chi connectivity index (χ2v) is 5.29. The van der Waals surface area contributed by atoms with E-state index in [4.69, 9.17) is 22.7 Å². The fraction of sp³-hybridized carbons (Fsp3) is 0.538. The predicted octanol–water partition coefficient (Wildman–Crippen LogP) is 1.64. The summed E-state index contributed by atoms with van der Waals surface area (Å²) in [7, 11) is 0. The van der Waals surface area contributed by atoms with E-state index in [-0.39, 0.29) is 12.2 Å². The number of nitrogens with two attached hydrogens (primary N) is 1. The Balaban J connectivity index is 2.38. The second-order valence-electron chi connectivity index (χ2n) is 4.85. The van der Waals surface area contributed by atoms with E-state index in [9.17, 15) is 0 Å². The summed E-state index contributed by atoms with van der Waals surface area (Å²) in [6, 6.07) is 1.94. The molecule has 2 heterocycles. The van der Waals surface area contributed by atoms with Crippen molar-refractivity contribution in [3.63, 3.8) is 0 Å². The highest BCUT2D eigenvalue weighted by Crippen LogP contribution is 2.24. The van der Waals surface area contributed by atoms with Gasteiger partial charge < -0.3 is 15.4 Å². The average Bonchev–Trinajstić information content (AvgIpc) is 2.26. The van der Waals surface area contributed by atoms with Crippen molar-refractivity contribution in [2.75, 3.05) is 18.0 Å². The summed E-state index contributed by atoms with van der Waals surface area (Å²) in [4.78, 5) is 7.07. The molecule has 1 aromatic rings. The van der Waals surface area contributed by atoms with Crippen LogP contribution < -0.4 is 10.6 Å². The Kier molecular flexibility index (Phi) is 3.82. The Morgan fingerprint density at radius 3 is 2.61 bits per heavy atom. The van der Waals surface area contributed by atoms with Gasteiger partial charge in [0.05, 0.1) is 17.8 Å². The molecule has 2 rings (SSSR count). The molecule has 0 bridgehead atoms. The lowest BCUT2D eigenvalue weighted by Gasteiger charge is -2.37. The first-order valence-electron chi connectivity index (χ1n) is 6.15. The van der Waals surface area contributed by atoms with Gasteiger partial charge in [-0.1, -0.05) is 12.2 Å². The van der Waals surface area contributed by atoms with Crippen LogP contribution in [0.5, 0.6) is 0 Å². The van der Waals surface area contributed by atoms with E-state index in [1.54, 1.807) is 6.20 Å². The summed E-state index contributed by atoms with van der Waals surface area (Å²) in [5.41, 5.74) is 7.78. The topological polar surface area (TPSA) is 51.4 Å². The second kappa shape index (κ2) is 5.20. The number of ether oxygens (including phenoxy) is 1. The number of aromatic nitrogens is 1. The summed E-state index contributed by atoms with van der Waals surface area (Å²) in [6.45, 7) is 7.78. The van der Waals surface area contributed by atoms with E-state index in [2.05, 4.69) is 23.7 Å². The predicted molar refractivity (Wildman–Crippen MR) is 77.1 cm³/mol. The molecule has 98 valence electrons. The van der Waals surface area contributed by atoms with Crippen molar-refractivity contribution in [1.82, 2.24) is 4.98 Å². The van der Waals surface area contributed by atoms with Gasteiger partial charge in [-0.2, -0.15) is 0 Å². The Bertz CT molecular complexity index is 454. The number of morpholine rings is 1. The van der Waals surface area contributed by atoms with Crippen molar-refractivity contribution >= 4 is 23.0 Å². The van der Waals surface area contributed by atoms with Crippen LogP contribution in [-0.4, -0.2) is 35.3 Å². The summed E-state index contributed by atoms with van der Waals surface area (Å²) in [5, 5.41) is 0. The lowest BCUT2D eigenvalue weighted by atomic mass is 10.1. The molecule has 4 nitrogen and oxygen atoms in total. The number of hydrogen-bond donors (Lipinski definition) is 1. The SMILES string of the molecule is Cc1ccnc(N2C[C@@H](C)O[C@@H](C)C2)c1C(N)=S. The van der Waals surface area contributed by atoms with Crippen LogP contribution in [0.2, 0.25) is 0 Å². The summed E-state index contributed by atoms with van der Waals surface area (Å²) in [5.74, 6) is 0.879. The molecule has 18 heavy (non-hydrogen) atoms. The summed E-state index contributed by atoms with van der Waals surface area (Å²) in [6.07, 6.45) is 2.18. The highest BCUT2D eigenvalue weighted by atomic mass is 32.1. The van der Waals surface area contributed by atoms with Crippen LogP contribution in [0.25, 0.3) is 0 Å². The van der Waals surface area contributed by atoms with Gasteiger partial charge in [-0.3, -0.25) is 0 Å². The van der Waals surface area contributed by atoms with Gasteiger partial charge >= 0.3 is 0 Å². The van der Waals surface area contributed by atoms with Crippen LogP contribution in [0, 0.1) is 6.92 Å². The first kappa shape index (κ1) is 13.2. The largest absolute Gasteiger partial charge is 0.389 e. The number of nitrogens with zero attached hydrogens (tertiary/aromatic N) is 2. The van der Waals surface area contributed by atoms with E-state index >= 15 is 0 Å². The van der Waals surface area contributed by atoms with Crippen LogP contribution >= 0.6 is 12.2 Å². The molecule has 1 fully saturated rings. The maximum Gasteiger partial charge on any atom is 0.139 e. The van der Waals surface area contributed by atoms with E-state index in [0.29, 0.717) is 4.99 Å². The minimum atomic E-state index is 0.190. The highest BCUT2D eigenvalue weighted by Gasteiger charge is 2.25. The Hall–Kier alpha value is -1.20. The number of aryl methyl sites for hydroxylation is 1. The van der Waals surface area contributed by atoms with Gasteiger partial charge in [0.1, 0.15) is 10.8 Å². The number of hydrogen-bond acceptors (Lipinski definition) is 4. The molecule has 5 heteroatoms. The van der Waals surface area contributed by atoms with Crippen LogP contribution in [0.4, 0.5) is 5.82 Å². The third-order valence-corrected chi connectivity index (χ3v) is 3.31. The lowest BCUT2D eigenvalue weighted by molar-refractivity contribution is -0.00546. The molecule has 0 spiro atoms. The normalized spacial score (nSPS) is 24.1. The highest BCUT2D eigenvalue weighted by molar-refractivity contribution is 7.80. The first-order valence-corrected chi connectivity index (χ1v) is 6.55. The molecule has 0 aromatic carbocycles. The standard InChI is InChI=1S/C13H19N3OS/c1-8-4-5-15-13(11(8)12(14)18)16-6-9(2)17-10(3)7-16/h4-5,9-10H,6-7H2,1-3H3,(H2,14,18)/t9-,10+. The van der Waals surface area contributed by atoms with E-state index < -0.39 is 0 Å². The van der Waals surface area contributed by atoms with Gasteiger partial charge in [-0.25, -0.2) is 4.98 Å². The molecule has 0 unspecified atom stereocenters. The van der Waals surface area contributed by atoms with Gasteiger partial charge in [0.15, 0.2) is 0 Å². The zero-order valence-corrected chi connectivity index (χ0v) is 11.8. The number of thiocarbonyl (C=S) groups is 1. The molecule has 0 amide bonds. The third-order valence-electron chi connectivity index (χ3n) is 3.10. The number of pyridine rings is 1. The number of anilines is 1. The summed E-state index contributed by atoms with van der Waals surface area (Å²) < 4.78 is 5.73. The first-order chi connectivity index (χ1) is 8.49. The molecule has 0 aliphatic carbocycles. The van der Waals surface area contributed by atoms with Crippen LogP contribution in [0.15, 0.2) is 12.3 Å². The smallest absolute Gasteiger partial charge is 0.139 e. The maximum atomic E-state index is 5.82. The molecule has 2 atom stereocenters. The van der Waals surface area contributed by atoms with Crippen LogP contribution in [0.3, 0.4) is 0 Å². The number of rotatable bonds is 2.